The maximum Gasteiger partial charge on any atom is 0.317 e. The second kappa shape index (κ2) is 7.89. The zero-order valence-electron chi connectivity index (χ0n) is 16.0. The lowest BCUT2D eigenvalue weighted by atomic mass is 10.1. The number of hydrogen-bond acceptors (Lipinski definition) is 3. The van der Waals surface area contributed by atoms with Crippen LogP contribution in [0.5, 0.6) is 0 Å². The fourth-order valence-corrected chi connectivity index (χ4v) is 4.23. The van der Waals surface area contributed by atoms with E-state index in [1.807, 2.05) is 40.1 Å². The smallest absolute Gasteiger partial charge is 0.317 e. The van der Waals surface area contributed by atoms with Crippen LogP contribution in [0.15, 0.2) is 30.3 Å². The third-order valence-electron chi connectivity index (χ3n) is 6.20. The first-order valence-corrected chi connectivity index (χ1v) is 10.2. The van der Waals surface area contributed by atoms with Gasteiger partial charge in [-0.15, -0.1) is 0 Å². The Balaban J connectivity index is 1.21. The van der Waals surface area contributed by atoms with Gasteiger partial charge < -0.3 is 20.0 Å². The number of nitrogens with one attached hydrogen (secondary N) is 1. The van der Waals surface area contributed by atoms with E-state index in [9.17, 15) is 9.59 Å². The zero-order chi connectivity index (χ0) is 18.7. The molecule has 1 N–H and O–H groups in total. The van der Waals surface area contributed by atoms with E-state index in [2.05, 4.69) is 10.2 Å². The van der Waals surface area contributed by atoms with Crippen molar-refractivity contribution in [2.24, 2.45) is 5.41 Å². The van der Waals surface area contributed by atoms with Gasteiger partial charge in [-0.3, -0.25) is 4.79 Å². The number of hydrogen-bond donors (Lipinski definition) is 1. The minimum Gasteiger partial charge on any atom is -0.337 e. The van der Waals surface area contributed by atoms with Crippen molar-refractivity contribution >= 4 is 11.9 Å². The lowest BCUT2D eigenvalue weighted by Crippen LogP contribution is -2.54. The molecular formula is C21H30N4O2. The van der Waals surface area contributed by atoms with Crippen LogP contribution in [0.4, 0.5) is 4.79 Å². The highest BCUT2D eigenvalue weighted by Crippen LogP contribution is 2.46. The number of likely N-dealkylation sites (tertiary alicyclic amines) is 1. The molecule has 0 atom stereocenters. The van der Waals surface area contributed by atoms with Crippen molar-refractivity contribution in [3.05, 3.63) is 35.9 Å². The van der Waals surface area contributed by atoms with Crippen LogP contribution in [0, 0.1) is 5.41 Å². The molecule has 0 aromatic heterocycles. The fourth-order valence-electron chi connectivity index (χ4n) is 4.23. The second-order valence-corrected chi connectivity index (χ2v) is 8.29. The molecular weight excluding hydrogens is 340 g/mol. The molecule has 4 rings (SSSR count). The summed E-state index contributed by atoms with van der Waals surface area (Å²) < 4.78 is 0. The standard InChI is InChI=1S/C21H30N4O2/c26-19(18-6-2-1-3-7-18)24-12-14-25(15-13-24)20(27)22-16-21(8-9-21)17-23-10-4-5-11-23/h1-3,6-7H,4-5,8-17H2,(H,22,27). The second-order valence-electron chi connectivity index (χ2n) is 8.29. The Bertz CT molecular complexity index is 660. The Hall–Kier alpha value is -2.08. The van der Waals surface area contributed by atoms with Gasteiger partial charge in [0, 0.05) is 50.2 Å². The summed E-state index contributed by atoms with van der Waals surface area (Å²) in [5.74, 6) is 0.0539. The molecule has 6 heteroatoms. The summed E-state index contributed by atoms with van der Waals surface area (Å²) in [4.78, 5) is 31.3. The summed E-state index contributed by atoms with van der Waals surface area (Å²) in [5.41, 5.74) is 1.03. The number of carbonyl (C=O) groups is 2. The number of amides is 3. The normalized spacial score (nSPS) is 21.9. The Morgan fingerprint density at radius 2 is 1.52 bits per heavy atom. The number of piperazine rings is 1. The number of carbonyl (C=O) groups excluding carboxylic acids is 2. The van der Waals surface area contributed by atoms with Crippen molar-refractivity contribution in [2.45, 2.75) is 25.7 Å². The van der Waals surface area contributed by atoms with Gasteiger partial charge in [0.1, 0.15) is 0 Å². The van der Waals surface area contributed by atoms with Crippen LogP contribution in [0.2, 0.25) is 0 Å². The van der Waals surface area contributed by atoms with E-state index in [0.29, 0.717) is 37.2 Å². The van der Waals surface area contributed by atoms with Crippen LogP contribution < -0.4 is 5.32 Å². The highest BCUT2D eigenvalue weighted by atomic mass is 16.2. The summed E-state index contributed by atoms with van der Waals surface area (Å²) in [6.45, 7) is 6.74. The molecule has 3 fully saturated rings. The van der Waals surface area contributed by atoms with Crippen LogP contribution in [-0.4, -0.2) is 79.0 Å². The maximum atomic E-state index is 12.6. The van der Waals surface area contributed by atoms with Crippen molar-refractivity contribution in [3.63, 3.8) is 0 Å². The van der Waals surface area contributed by atoms with Crippen LogP contribution >= 0.6 is 0 Å². The van der Waals surface area contributed by atoms with E-state index in [-0.39, 0.29) is 11.9 Å². The molecule has 1 aliphatic carbocycles. The highest BCUT2D eigenvalue weighted by Gasteiger charge is 2.44. The van der Waals surface area contributed by atoms with Crippen molar-refractivity contribution in [1.82, 2.24) is 20.0 Å². The quantitative estimate of drug-likeness (QED) is 0.863. The van der Waals surface area contributed by atoms with E-state index in [1.165, 1.54) is 38.8 Å². The van der Waals surface area contributed by atoms with E-state index in [4.69, 9.17) is 0 Å². The lowest BCUT2D eigenvalue weighted by molar-refractivity contribution is 0.0664. The monoisotopic (exact) mass is 370 g/mol. The van der Waals surface area contributed by atoms with Gasteiger partial charge in [-0.05, 0) is 50.9 Å². The van der Waals surface area contributed by atoms with Crippen molar-refractivity contribution in [2.75, 3.05) is 52.4 Å². The number of urea groups is 1. The maximum absolute atomic E-state index is 12.6. The molecule has 146 valence electrons. The van der Waals surface area contributed by atoms with Gasteiger partial charge in [0.2, 0.25) is 0 Å². The predicted molar refractivity (Wildman–Crippen MR) is 105 cm³/mol. The predicted octanol–water partition coefficient (Wildman–Crippen LogP) is 2.03. The van der Waals surface area contributed by atoms with Gasteiger partial charge in [-0.1, -0.05) is 18.2 Å². The largest absolute Gasteiger partial charge is 0.337 e. The van der Waals surface area contributed by atoms with Crippen LogP contribution in [0.3, 0.4) is 0 Å². The first-order valence-electron chi connectivity index (χ1n) is 10.2. The van der Waals surface area contributed by atoms with Crippen LogP contribution in [0.25, 0.3) is 0 Å². The van der Waals surface area contributed by atoms with E-state index in [0.717, 1.165) is 13.1 Å². The molecule has 0 unspecified atom stereocenters. The first kappa shape index (κ1) is 18.3. The summed E-state index contributed by atoms with van der Waals surface area (Å²) >= 11 is 0. The average Bonchev–Trinajstić information content (AvgIpc) is 3.29. The Kier molecular flexibility index (Phi) is 5.34. The molecule has 2 aliphatic heterocycles. The van der Waals surface area contributed by atoms with Crippen molar-refractivity contribution in [1.29, 1.82) is 0 Å². The molecule has 3 aliphatic rings. The Morgan fingerprint density at radius 3 is 2.15 bits per heavy atom. The van der Waals surface area contributed by atoms with Crippen LogP contribution in [0.1, 0.15) is 36.0 Å². The number of nitrogens with zero attached hydrogens (tertiary/aromatic N) is 3. The minimum absolute atomic E-state index is 0.0227. The third kappa shape index (κ3) is 4.43. The topological polar surface area (TPSA) is 55.9 Å². The molecule has 0 spiro atoms. The summed E-state index contributed by atoms with van der Waals surface area (Å²) in [5, 5.41) is 3.16. The Labute approximate surface area is 161 Å². The number of rotatable bonds is 5. The van der Waals surface area contributed by atoms with Crippen molar-refractivity contribution < 1.29 is 9.59 Å². The molecule has 1 saturated carbocycles. The van der Waals surface area contributed by atoms with Gasteiger partial charge in [0.05, 0.1) is 0 Å². The average molecular weight is 370 g/mol. The van der Waals surface area contributed by atoms with Crippen LogP contribution in [-0.2, 0) is 0 Å². The molecule has 27 heavy (non-hydrogen) atoms. The minimum atomic E-state index is 0.0227. The summed E-state index contributed by atoms with van der Waals surface area (Å²) in [7, 11) is 0. The molecule has 6 nitrogen and oxygen atoms in total. The first-order chi connectivity index (χ1) is 13.2. The third-order valence-corrected chi connectivity index (χ3v) is 6.20. The molecule has 2 heterocycles. The molecule has 2 saturated heterocycles. The summed E-state index contributed by atoms with van der Waals surface area (Å²) in [6, 6.07) is 9.39. The zero-order valence-corrected chi connectivity index (χ0v) is 16.0. The van der Waals surface area contributed by atoms with E-state index in [1.54, 1.807) is 0 Å². The Morgan fingerprint density at radius 1 is 0.889 bits per heavy atom. The molecule has 1 aromatic carbocycles. The summed E-state index contributed by atoms with van der Waals surface area (Å²) in [6.07, 6.45) is 5.08. The van der Waals surface area contributed by atoms with Gasteiger partial charge in [0.15, 0.2) is 0 Å². The lowest BCUT2D eigenvalue weighted by Gasteiger charge is -2.35. The van der Waals surface area contributed by atoms with E-state index >= 15 is 0 Å². The molecule has 0 bridgehead atoms. The van der Waals surface area contributed by atoms with Gasteiger partial charge in [-0.2, -0.15) is 0 Å². The van der Waals surface area contributed by atoms with Crippen molar-refractivity contribution in [3.8, 4) is 0 Å². The van der Waals surface area contributed by atoms with Gasteiger partial charge in [-0.25, -0.2) is 4.79 Å². The number of benzene rings is 1. The highest BCUT2D eigenvalue weighted by molar-refractivity contribution is 5.94. The van der Waals surface area contributed by atoms with E-state index < -0.39 is 0 Å². The molecule has 3 amide bonds. The molecule has 0 radical (unpaired) electrons. The fraction of sp³-hybridized carbons (Fsp3) is 0.619. The SMILES string of the molecule is O=C(NCC1(CN2CCCC2)CC1)N1CCN(C(=O)c2ccccc2)CC1. The van der Waals surface area contributed by atoms with Gasteiger partial charge >= 0.3 is 6.03 Å². The van der Waals surface area contributed by atoms with Gasteiger partial charge in [0.25, 0.3) is 5.91 Å². The molecule has 1 aromatic rings.